The summed E-state index contributed by atoms with van der Waals surface area (Å²) in [7, 11) is 0. The molecule has 1 aliphatic heterocycles. The van der Waals surface area contributed by atoms with Gasteiger partial charge in [0.05, 0.1) is 24.4 Å². The molecule has 1 aromatic rings. The quantitative estimate of drug-likeness (QED) is 0.369. The number of amides is 1. The van der Waals surface area contributed by atoms with Crippen LogP contribution in [0.25, 0.3) is 0 Å². The van der Waals surface area contributed by atoms with E-state index in [9.17, 15) is 9.59 Å². The third kappa shape index (κ3) is 7.49. The van der Waals surface area contributed by atoms with E-state index in [1.165, 1.54) is 32.1 Å². The molecule has 1 aliphatic carbocycles. The van der Waals surface area contributed by atoms with Crippen molar-refractivity contribution in [2.45, 2.75) is 52.4 Å². The highest BCUT2D eigenvalue weighted by molar-refractivity contribution is 6.32. The summed E-state index contributed by atoms with van der Waals surface area (Å²) in [6, 6.07) is 5.29. The summed E-state index contributed by atoms with van der Waals surface area (Å²) in [4.78, 5) is 30.5. The number of benzodiazepines with no additional fused rings is 1. The highest BCUT2D eigenvalue weighted by Gasteiger charge is 2.26. The number of carbonyl (C=O) groups is 2. The molecule has 0 aromatic heterocycles. The van der Waals surface area contributed by atoms with Crippen LogP contribution in [0.5, 0.6) is 0 Å². The van der Waals surface area contributed by atoms with Crippen molar-refractivity contribution in [3.8, 4) is 0 Å². The van der Waals surface area contributed by atoms with Crippen LogP contribution in [0, 0.1) is 0 Å². The fourth-order valence-corrected chi connectivity index (χ4v) is 3.89. The molecule has 0 unspecified atom stereocenters. The Bertz CT molecular complexity index is 891. The summed E-state index contributed by atoms with van der Waals surface area (Å²) in [6.07, 6.45) is 14.9. The minimum atomic E-state index is -0.340. The smallest absolute Gasteiger partial charge is 0.307 e. The molecular formula is C26H33ClN2O3. The number of hydrogen-bond acceptors (Lipinski definition) is 4. The Kier molecular flexibility index (Phi) is 10.9. The number of carbonyl (C=O) groups excluding carboxylic acids is 2. The molecule has 1 fully saturated rings. The molecule has 0 saturated heterocycles. The van der Waals surface area contributed by atoms with Crippen LogP contribution in [0.3, 0.4) is 0 Å². The first kappa shape index (κ1) is 25.6. The van der Waals surface area contributed by atoms with Gasteiger partial charge in [0, 0.05) is 22.7 Å². The van der Waals surface area contributed by atoms with Crippen LogP contribution in [-0.2, 0) is 14.3 Å². The lowest BCUT2D eigenvalue weighted by molar-refractivity contribution is -0.142. The third-order valence-corrected chi connectivity index (χ3v) is 5.43. The molecule has 0 atom stereocenters. The van der Waals surface area contributed by atoms with Gasteiger partial charge in [0.15, 0.2) is 0 Å². The Balaban J connectivity index is 0.000000636. The lowest BCUT2D eigenvalue weighted by atomic mass is 9.99. The predicted octanol–water partition coefficient (Wildman–Crippen LogP) is 6.07. The Morgan fingerprint density at radius 1 is 1.25 bits per heavy atom. The molecule has 32 heavy (non-hydrogen) atoms. The molecule has 1 aromatic carbocycles. The van der Waals surface area contributed by atoms with E-state index in [0.29, 0.717) is 23.0 Å². The third-order valence-electron chi connectivity index (χ3n) is 5.19. The van der Waals surface area contributed by atoms with Gasteiger partial charge in [-0.1, -0.05) is 74.6 Å². The van der Waals surface area contributed by atoms with Crippen LogP contribution in [0.1, 0.15) is 57.9 Å². The summed E-state index contributed by atoms with van der Waals surface area (Å²) in [5.74, 6) is -0.524. The normalized spacial score (nSPS) is 16.1. The number of halogens is 1. The minimum Gasteiger partial charge on any atom is -0.466 e. The van der Waals surface area contributed by atoms with Crippen molar-refractivity contribution in [3.63, 3.8) is 0 Å². The number of ether oxygens (including phenoxy) is 1. The fraction of sp³-hybridized carbons (Fsp3) is 0.423. The second kappa shape index (κ2) is 13.7. The van der Waals surface area contributed by atoms with E-state index in [1.807, 2.05) is 25.2 Å². The molecular weight excluding hydrogens is 424 g/mol. The van der Waals surface area contributed by atoms with Crippen LogP contribution in [-0.4, -0.2) is 37.3 Å². The molecule has 2 aliphatic rings. The van der Waals surface area contributed by atoms with Crippen molar-refractivity contribution in [2.24, 2.45) is 4.99 Å². The Hall–Kier alpha value is -2.66. The standard InChI is InChI=1S/C21H23ClN2O3.C5H10/c1-4-7-15(8-5-2)21-17-13-16(22)9-10-18(17)24(19(25)14-23-21)12-11-20(26)27-6-3;1-2-4-5-3-1/h4-5,7-10,13H,1,6,11-12,14H2,2-3H3;1-5H2/b8-5-,15-7+;. The van der Waals surface area contributed by atoms with Gasteiger partial charge in [-0.15, -0.1) is 0 Å². The molecule has 1 amide bonds. The Labute approximate surface area is 196 Å². The van der Waals surface area contributed by atoms with Crippen LogP contribution in [0.15, 0.2) is 59.6 Å². The lowest BCUT2D eigenvalue weighted by Gasteiger charge is -2.23. The Morgan fingerprint density at radius 3 is 2.53 bits per heavy atom. The van der Waals surface area contributed by atoms with Crippen molar-refractivity contribution in [1.82, 2.24) is 0 Å². The van der Waals surface area contributed by atoms with E-state index in [2.05, 4.69) is 11.6 Å². The number of allylic oxidation sites excluding steroid dienone is 5. The summed E-state index contributed by atoms with van der Waals surface area (Å²) < 4.78 is 4.97. The number of fused-ring (bicyclic) bond motifs is 1. The van der Waals surface area contributed by atoms with E-state index < -0.39 is 0 Å². The maximum atomic E-state index is 12.7. The average Bonchev–Trinajstić information content (AvgIpc) is 3.32. The van der Waals surface area contributed by atoms with Crippen molar-refractivity contribution in [1.29, 1.82) is 0 Å². The first-order chi connectivity index (χ1) is 15.5. The van der Waals surface area contributed by atoms with Crippen molar-refractivity contribution >= 4 is 34.9 Å². The molecule has 0 N–H and O–H groups in total. The molecule has 3 rings (SSSR count). The number of esters is 1. The van der Waals surface area contributed by atoms with E-state index in [4.69, 9.17) is 16.3 Å². The van der Waals surface area contributed by atoms with Crippen molar-refractivity contribution in [3.05, 3.63) is 65.2 Å². The zero-order valence-electron chi connectivity index (χ0n) is 19.1. The van der Waals surface area contributed by atoms with Gasteiger partial charge in [0.2, 0.25) is 5.91 Å². The van der Waals surface area contributed by atoms with Crippen LogP contribution in [0.4, 0.5) is 5.69 Å². The molecule has 172 valence electrons. The fourth-order valence-electron chi connectivity index (χ4n) is 3.72. The second-order valence-electron chi connectivity index (χ2n) is 7.55. The minimum absolute atomic E-state index is 0.0174. The number of aliphatic imine (C=N–C) groups is 1. The van der Waals surface area contributed by atoms with Crippen LogP contribution in [0.2, 0.25) is 5.02 Å². The second-order valence-corrected chi connectivity index (χ2v) is 7.99. The van der Waals surface area contributed by atoms with E-state index in [-0.39, 0.29) is 31.4 Å². The van der Waals surface area contributed by atoms with Gasteiger partial charge >= 0.3 is 5.97 Å². The highest BCUT2D eigenvalue weighted by Crippen LogP contribution is 2.30. The number of hydrogen-bond donors (Lipinski definition) is 0. The van der Waals surface area contributed by atoms with Gasteiger partial charge in [-0.3, -0.25) is 14.6 Å². The van der Waals surface area contributed by atoms with E-state index in [1.54, 1.807) is 36.1 Å². The number of benzene rings is 1. The summed E-state index contributed by atoms with van der Waals surface area (Å²) in [6.45, 7) is 7.92. The monoisotopic (exact) mass is 456 g/mol. The predicted molar refractivity (Wildman–Crippen MR) is 133 cm³/mol. The summed E-state index contributed by atoms with van der Waals surface area (Å²) >= 11 is 6.22. The molecule has 1 heterocycles. The van der Waals surface area contributed by atoms with Crippen molar-refractivity contribution < 1.29 is 14.3 Å². The number of nitrogens with zero attached hydrogens (tertiary/aromatic N) is 2. The molecule has 0 bridgehead atoms. The summed E-state index contributed by atoms with van der Waals surface area (Å²) in [5, 5.41) is 0.541. The molecule has 6 heteroatoms. The van der Waals surface area contributed by atoms with Crippen molar-refractivity contribution in [2.75, 3.05) is 24.6 Å². The lowest BCUT2D eigenvalue weighted by Crippen LogP contribution is -2.34. The average molecular weight is 457 g/mol. The molecule has 1 saturated carbocycles. The maximum absolute atomic E-state index is 12.7. The van der Waals surface area contributed by atoms with Crippen LogP contribution < -0.4 is 4.90 Å². The van der Waals surface area contributed by atoms with Gasteiger partial charge in [-0.25, -0.2) is 0 Å². The van der Waals surface area contributed by atoms with Gasteiger partial charge in [-0.2, -0.15) is 0 Å². The molecule has 0 spiro atoms. The number of anilines is 1. The first-order valence-electron chi connectivity index (χ1n) is 11.3. The highest BCUT2D eigenvalue weighted by atomic mass is 35.5. The zero-order valence-corrected chi connectivity index (χ0v) is 19.9. The van der Waals surface area contributed by atoms with Gasteiger partial charge in [-0.05, 0) is 32.0 Å². The van der Waals surface area contributed by atoms with Crippen LogP contribution >= 0.6 is 11.6 Å². The SMILES string of the molecule is C1CCCC1.C=C/C=C(\C=C/C)C1=NCC(=O)N(CCC(=O)OCC)c2ccc(Cl)cc21. The first-order valence-corrected chi connectivity index (χ1v) is 11.7. The van der Waals surface area contributed by atoms with Gasteiger partial charge in [0.25, 0.3) is 0 Å². The number of rotatable bonds is 7. The van der Waals surface area contributed by atoms with Gasteiger partial charge in [0.1, 0.15) is 6.54 Å². The zero-order chi connectivity index (χ0) is 23.3. The topological polar surface area (TPSA) is 59.0 Å². The Morgan fingerprint density at radius 2 is 1.94 bits per heavy atom. The van der Waals surface area contributed by atoms with E-state index in [0.717, 1.165) is 11.1 Å². The summed E-state index contributed by atoms with van der Waals surface area (Å²) in [5.41, 5.74) is 2.90. The largest absolute Gasteiger partial charge is 0.466 e. The van der Waals surface area contributed by atoms with E-state index >= 15 is 0 Å². The van der Waals surface area contributed by atoms with Gasteiger partial charge < -0.3 is 9.64 Å². The molecule has 5 nitrogen and oxygen atoms in total. The maximum Gasteiger partial charge on any atom is 0.307 e. The molecule has 0 radical (unpaired) electrons.